The highest BCUT2D eigenvalue weighted by Crippen LogP contribution is 2.38. The van der Waals surface area contributed by atoms with Gasteiger partial charge in [0.2, 0.25) is 0 Å². The highest BCUT2D eigenvalue weighted by molar-refractivity contribution is 8.00. The molecule has 0 aliphatic heterocycles. The summed E-state index contributed by atoms with van der Waals surface area (Å²) >= 11 is 4.55. The van der Waals surface area contributed by atoms with Crippen molar-refractivity contribution in [3.05, 3.63) is 46.7 Å². The Bertz CT molecular complexity index is 812. The van der Waals surface area contributed by atoms with Crippen LogP contribution >= 0.6 is 34.4 Å². The third-order valence-corrected chi connectivity index (χ3v) is 6.09. The standard InChI is InChI=1S/C16H14N2O2S3/c1-20-14(19)13-8-11(15(21-2)23-13)17-16-18-12(9-22-16)10-6-4-3-5-7-10/h3-9H,1-2H3,(H,17,18). The van der Waals surface area contributed by atoms with Crippen LogP contribution in [0.3, 0.4) is 0 Å². The maximum absolute atomic E-state index is 11.7. The molecule has 3 aromatic rings. The Morgan fingerprint density at radius 3 is 2.78 bits per heavy atom. The van der Waals surface area contributed by atoms with Crippen LogP contribution in [-0.4, -0.2) is 24.3 Å². The SMILES string of the molecule is COC(=O)c1cc(Nc2nc(-c3ccccc3)cs2)c(SC)s1. The number of nitrogens with zero attached hydrogens (tertiary/aromatic N) is 1. The first-order valence-electron chi connectivity index (χ1n) is 6.75. The average Bonchev–Trinajstić information content (AvgIpc) is 3.22. The van der Waals surface area contributed by atoms with Gasteiger partial charge in [-0.25, -0.2) is 9.78 Å². The molecule has 7 heteroatoms. The van der Waals surface area contributed by atoms with E-state index in [9.17, 15) is 4.79 Å². The molecular weight excluding hydrogens is 348 g/mol. The van der Waals surface area contributed by atoms with Crippen molar-refractivity contribution in [3.63, 3.8) is 0 Å². The van der Waals surface area contributed by atoms with Crippen LogP contribution < -0.4 is 5.32 Å². The molecule has 0 fully saturated rings. The van der Waals surface area contributed by atoms with Crippen LogP contribution in [0.5, 0.6) is 0 Å². The van der Waals surface area contributed by atoms with Crippen LogP contribution in [0.15, 0.2) is 46.0 Å². The van der Waals surface area contributed by atoms with Gasteiger partial charge in [-0.2, -0.15) is 0 Å². The van der Waals surface area contributed by atoms with E-state index >= 15 is 0 Å². The fourth-order valence-corrected chi connectivity index (χ4v) is 4.43. The predicted molar refractivity (Wildman–Crippen MR) is 98.3 cm³/mol. The number of anilines is 2. The number of esters is 1. The minimum absolute atomic E-state index is 0.317. The third kappa shape index (κ3) is 3.57. The number of carbonyl (C=O) groups excluding carboxylic acids is 1. The fourth-order valence-electron chi connectivity index (χ4n) is 2.00. The quantitative estimate of drug-likeness (QED) is 0.504. The highest BCUT2D eigenvalue weighted by atomic mass is 32.2. The molecule has 0 spiro atoms. The van der Waals surface area contributed by atoms with Gasteiger partial charge in [0.25, 0.3) is 0 Å². The van der Waals surface area contributed by atoms with E-state index < -0.39 is 0 Å². The number of ether oxygens (including phenoxy) is 1. The molecule has 118 valence electrons. The number of thiazole rings is 1. The van der Waals surface area contributed by atoms with Crippen molar-refractivity contribution in [1.82, 2.24) is 4.98 Å². The maximum atomic E-state index is 11.7. The summed E-state index contributed by atoms with van der Waals surface area (Å²) in [4.78, 5) is 16.9. The zero-order valence-corrected chi connectivity index (χ0v) is 15.0. The number of hydrogen-bond donors (Lipinski definition) is 1. The number of methoxy groups -OCH3 is 1. The summed E-state index contributed by atoms with van der Waals surface area (Å²) in [5, 5.41) is 6.12. The number of aromatic nitrogens is 1. The molecule has 3 rings (SSSR count). The molecule has 2 aromatic heterocycles. The van der Waals surface area contributed by atoms with Gasteiger partial charge in [-0.1, -0.05) is 30.3 Å². The molecule has 4 nitrogen and oxygen atoms in total. The van der Waals surface area contributed by atoms with Crippen molar-refractivity contribution in [3.8, 4) is 11.3 Å². The van der Waals surface area contributed by atoms with E-state index in [1.807, 2.05) is 48.0 Å². The van der Waals surface area contributed by atoms with Crippen molar-refractivity contribution < 1.29 is 9.53 Å². The Hall–Kier alpha value is -1.83. The summed E-state index contributed by atoms with van der Waals surface area (Å²) in [6, 6.07) is 11.9. The Balaban J connectivity index is 1.84. The number of thiophene rings is 1. The van der Waals surface area contributed by atoms with Gasteiger partial charge in [-0.3, -0.25) is 0 Å². The zero-order chi connectivity index (χ0) is 16.2. The minimum Gasteiger partial charge on any atom is -0.465 e. The van der Waals surface area contributed by atoms with Crippen molar-refractivity contribution in [2.75, 3.05) is 18.7 Å². The van der Waals surface area contributed by atoms with E-state index in [-0.39, 0.29) is 5.97 Å². The lowest BCUT2D eigenvalue weighted by Crippen LogP contribution is -1.97. The van der Waals surface area contributed by atoms with Crippen molar-refractivity contribution in [2.24, 2.45) is 0 Å². The second-order valence-corrected chi connectivity index (χ2v) is 7.52. The largest absolute Gasteiger partial charge is 0.465 e. The number of rotatable bonds is 5. The Kier molecular flexibility index (Phi) is 5.00. The first-order valence-corrected chi connectivity index (χ1v) is 9.67. The van der Waals surface area contributed by atoms with Gasteiger partial charge in [0.1, 0.15) is 4.88 Å². The van der Waals surface area contributed by atoms with E-state index in [1.54, 1.807) is 11.8 Å². The number of hydrogen-bond acceptors (Lipinski definition) is 7. The molecule has 0 saturated heterocycles. The van der Waals surface area contributed by atoms with Gasteiger partial charge < -0.3 is 10.1 Å². The molecule has 1 N–H and O–H groups in total. The first kappa shape index (κ1) is 16.0. The van der Waals surface area contributed by atoms with Crippen LogP contribution in [0.1, 0.15) is 9.67 Å². The van der Waals surface area contributed by atoms with Gasteiger partial charge >= 0.3 is 5.97 Å². The van der Waals surface area contributed by atoms with Gasteiger partial charge in [0, 0.05) is 10.9 Å². The molecule has 0 atom stereocenters. The van der Waals surface area contributed by atoms with E-state index in [0.717, 1.165) is 26.3 Å². The number of thioether (sulfide) groups is 1. The molecule has 2 heterocycles. The summed E-state index contributed by atoms with van der Waals surface area (Å²) in [7, 11) is 1.39. The van der Waals surface area contributed by atoms with Crippen LogP contribution in [0.25, 0.3) is 11.3 Å². The Morgan fingerprint density at radius 1 is 1.30 bits per heavy atom. The van der Waals surface area contributed by atoms with Gasteiger partial charge in [-0.05, 0) is 12.3 Å². The van der Waals surface area contributed by atoms with Crippen molar-refractivity contribution in [2.45, 2.75) is 4.21 Å². The monoisotopic (exact) mass is 362 g/mol. The highest BCUT2D eigenvalue weighted by Gasteiger charge is 2.16. The summed E-state index contributed by atoms with van der Waals surface area (Å²) in [6.45, 7) is 0. The molecule has 0 aliphatic carbocycles. The molecule has 0 bridgehead atoms. The lowest BCUT2D eigenvalue weighted by molar-refractivity contribution is 0.0606. The first-order chi connectivity index (χ1) is 11.2. The molecule has 0 saturated carbocycles. The van der Waals surface area contributed by atoms with E-state index in [2.05, 4.69) is 10.3 Å². The average molecular weight is 363 g/mol. The third-order valence-electron chi connectivity index (χ3n) is 3.09. The van der Waals surface area contributed by atoms with Gasteiger partial charge in [-0.15, -0.1) is 34.4 Å². The number of nitrogens with one attached hydrogen (secondary N) is 1. The number of carbonyl (C=O) groups is 1. The normalized spacial score (nSPS) is 10.5. The molecule has 0 unspecified atom stereocenters. The predicted octanol–water partition coefficient (Wildman–Crippen LogP) is 5.12. The lowest BCUT2D eigenvalue weighted by atomic mass is 10.2. The minimum atomic E-state index is -0.317. The van der Waals surface area contributed by atoms with Crippen molar-refractivity contribution >= 4 is 51.2 Å². The molecule has 0 amide bonds. The zero-order valence-electron chi connectivity index (χ0n) is 12.5. The Labute approximate surface area is 146 Å². The molecule has 23 heavy (non-hydrogen) atoms. The Morgan fingerprint density at radius 2 is 2.09 bits per heavy atom. The van der Waals surface area contributed by atoms with E-state index in [0.29, 0.717) is 4.88 Å². The molecular formula is C16H14N2O2S3. The molecule has 1 aromatic carbocycles. The smallest absolute Gasteiger partial charge is 0.348 e. The van der Waals surface area contributed by atoms with Crippen molar-refractivity contribution in [1.29, 1.82) is 0 Å². The summed E-state index contributed by atoms with van der Waals surface area (Å²) in [5.74, 6) is -0.317. The lowest BCUT2D eigenvalue weighted by Gasteiger charge is -2.01. The topological polar surface area (TPSA) is 51.2 Å². The second kappa shape index (κ2) is 7.16. The van der Waals surface area contributed by atoms with Gasteiger partial charge in [0.15, 0.2) is 5.13 Å². The van der Waals surface area contributed by atoms with Crippen LogP contribution in [-0.2, 0) is 4.74 Å². The number of benzene rings is 1. The van der Waals surface area contributed by atoms with Crippen LogP contribution in [0, 0.1) is 0 Å². The van der Waals surface area contributed by atoms with Crippen LogP contribution in [0.2, 0.25) is 0 Å². The maximum Gasteiger partial charge on any atom is 0.348 e. The summed E-state index contributed by atoms with van der Waals surface area (Å²) < 4.78 is 5.81. The molecule has 0 aliphatic rings. The van der Waals surface area contributed by atoms with E-state index in [4.69, 9.17) is 4.74 Å². The van der Waals surface area contributed by atoms with Crippen LogP contribution in [0.4, 0.5) is 10.8 Å². The summed E-state index contributed by atoms with van der Waals surface area (Å²) in [6.07, 6.45) is 1.98. The summed E-state index contributed by atoms with van der Waals surface area (Å²) in [5.41, 5.74) is 2.91. The second-order valence-electron chi connectivity index (χ2n) is 4.54. The fraction of sp³-hybridized carbons (Fsp3) is 0.125. The van der Waals surface area contributed by atoms with E-state index in [1.165, 1.54) is 29.8 Å². The molecule has 0 radical (unpaired) electrons. The van der Waals surface area contributed by atoms with Gasteiger partial charge in [0.05, 0.1) is 22.7 Å².